The topological polar surface area (TPSA) is 57.3 Å². The molecule has 0 fully saturated rings. The maximum atomic E-state index is 9.77. The van der Waals surface area contributed by atoms with Crippen LogP contribution in [0.4, 0.5) is 0 Å². The van der Waals surface area contributed by atoms with Crippen molar-refractivity contribution in [1.29, 1.82) is 0 Å². The van der Waals surface area contributed by atoms with Crippen molar-refractivity contribution in [2.45, 2.75) is 73.6 Å². The zero-order valence-electron chi connectivity index (χ0n) is 24.4. The Bertz CT molecular complexity index is 1810. The monoisotopic (exact) mass is 527 g/mol. The van der Waals surface area contributed by atoms with Crippen molar-refractivity contribution in [3.05, 3.63) is 109 Å². The highest BCUT2D eigenvalue weighted by molar-refractivity contribution is 6.19. The van der Waals surface area contributed by atoms with Crippen molar-refractivity contribution in [3.63, 3.8) is 0 Å². The van der Waals surface area contributed by atoms with E-state index in [4.69, 9.17) is 15.0 Å². The first kappa shape index (κ1) is 26.2. The highest BCUT2D eigenvalue weighted by Crippen LogP contribution is 2.38. The highest BCUT2D eigenvalue weighted by Gasteiger charge is 2.27. The lowest BCUT2D eigenvalue weighted by atomic mass is 9.96. The van der Waals surface area contributed by atoms with Gasteiger partial charge in [0.05, 0.1) is 40.5 Å². The van der Waals surface area contributed by atoms with Crippen LogP contribution in [0, 0.1) is 0 Å². The van der Waals surface area contributed by atoms with E-state index in [1.807, 2.05) is 6.07 Å². The zero-order valence-corrected chi connectivity index (χ0v) is 24.4. The number of hydrogen-bond donors (Lipinski definition) is 1. The Labute approximate surface area is 237 Å². The van der Waals surface area contributed by atoms with Crippen LogP contribution in [-0.2, 0) is 0 Å². The van der Waals surface area contributed by atoms with Crippen molar-refractivity contribution in [1.82, 2.24) is 0 Å². The number of nitrogens with zero attached hydrogens (tertiary/aromatic N) is 3. The zero-order chi connectivity index (χ0) is 28.1. The molecule has 5 aliphatic rings. The minimum absolute atomic E-state index is 0.801. The van der Waals surface area contributed by atoms with Crippen LogP contribution < -0.4 is 10.4 Å². The fraction of sp³-hybridized carbons (Fsp3) is 0.306. The molecule has 0 unspecified atom stereocenters. The molecule has 0 amide bonds. The standard InChI is InChI=1S/C36H37N3O/c1-7-25-20(5)31-15-23-14-24(30-13-22(19-40)11-12-29(23)30)16-32-21(6)26(8-2)34(38-32)18-36-28(10-4)27(9-3)35(39-36)17-33(25)37-31/h11-13,15-19,40H,7-10,14H2,1-6H3/b22-19-,24-16?,31-15?,34-18?,35-17?. The maximum Gasteiger partial charge on any atom is 0.0864 e. The average Bonchev–Trinajstić information content (AvgIpc) is 3.65. The van der Waals surface area contributed by atoms with Gasteiger partial charge >= 0.3 is 0 Å². The molecule has 4 aliphatic heterocycles. The molecule has 1 N–H and O–H groups in total. The van der Waals surface area contributed by atoms with Gasteiger partial charge in [-0.15, -0.1) is 0 Å². The Morgan fingerprint density at radius 3 is 1.98 bits per heavy atom. The van der Waals surface area contributed by atoms with Gasteiger partial charge in [0, 0.05) is 5.22 Å². The number of benzene rings is 1. The molecular formula is C36H37N3O. The first-order chi connectivity index (χ1) is 19.4. The van der Waals surface area contributed by atoms with Crippen LogP contribution >= 0.6 is 0 Å². The molecule has 8 bridgehead atoms. The smallest absolute Gasteiger partial charge is 0.0864 e. The van der Waals surface area contributed by atoms with E-state index >= 15 is 0 Å². The quantitative estimate of drug-likeness (QED) is 0.433. The highest BCUT2D eigenvalue weighted by atomic mass is 16.2. The number of fused-ring (bicyclic) bond motifs is 7. The molecule has 0 atom stereocenters. The van der Waals surface area contributed by atoms with Gasteiger partial charge in [-0.05, 0) is 132 Å². The lowest BCUT2D eigenvalue weighted by molar-refractivity contribution is 0.540. The molecule has 0 radical (unpaired) electrons. The summed E-state index contributed by atoms with van der Waals surface area (Å²) in [5, 5.41) is 11.8. The van der Waals surface area contributed by atoms with E-state index in [0.29, 0.717) is 0 Å². The molecule has 4 heterocycles. The van der Waals surface area contributed by atoms with E-state index in [-0.39, 0.29) is 0 Å². The number of rotatable bonds is 4. The first-order valence-electron chi connectivity index (χ1n) is 14.6. The normalized spacial score (nSPS) is 20.5. The van der Waals surface area contributed by atoms with Crippen molar-refractivity contribution in [3.8, 4) is 0 Å². The minimum Gasteiger partial charge on any atom is -0.515 e. The Hall–Kier alpha value is -4.05. The fourth-order valence-corrected chi connectivity index (χ4v) is 6.70. The molecule has 4 heteroatoms. The molecule has 4 nitrogen and oxygen atoms in total. The van der Waals surface area contributed by atoms with Crippen molar-refractivity contribution in [2.75, 3.05) is 0 Å². The molecule has 1 aromatic rings. The molecule has 1 aromatic carbocycles. The molecule has 0 saturated heterocycles. The maximum absolute atomic E-state index is 9.77. The molecular weight excluding hydrogens is 490 g/mol. The van der Waals surface area contributed by atoms with Crippen LogP contribution in [0.1, 0.15) is 79.2 Å². The Kier molecular flexibility index (Phi) is 6.66. The summed E-state index contributed by atoms with van der Waals surface area (Å²) in [7, 11) is 0. The van der Waals surface area contributed by atoms with Gasteiger partial charge in [0.25, 0.3) is 0 Å². The lowest BCUT2D eigenvalue weighted by Gasteiger charge is -2.06. The molecule has 0 spiro atoms. The fourth-order valence-electron chi connectivity index (χ4n) is 6.70. The second-order valence-electron chi connectivity index (χ2n) is 11.0. The second-order valence-corrected chi connectivity index (χ2v) is 11.0. The number of allylic oxidation sites excluding steroid dienone is 11. The largest absolute Gasteiger partial charge is 0.515 e. The van der Waals surface area contributed by atoms with E-state index < -0.39 is 0 Å². The third kappa shape index (κ3) is 4.09. The van der Waals surface area contributed by atoms with Crippen LogP contribution in [0.5, 0.6) is 0 Å². The minimum atomic E-state index is 0.801. The van der Waals surface area contributed by atoms with Gasteiger partial charge in [-0.3, -0.25) is 0 Å². The van der Waals surface area contributed by atoms with Crippen LogP contribution in [0.15, 0.2) is 108 Å². The lowest BCUT2D eigenvalue weighted by Crippen LogP contribution is -2.12. The number of aliphatic hydroxyl groups excluding tert-OH is 1. The van der Waals surface area contributed by atoms with Gasteiger partial charge in [-0.25, -0.2) is 15.0 Å². The summed E-state index contributed by atoms with van der Waals surface area (Å²) in [6, 6.07) is 6.19. The van der Waals surface area contributed by atoms with Crippen molar-refractivity contribution >= 4 is 34.5 Å². The van der Waals surface area contributed by atoms with Gasteiger partial charge < -0.3 is 5.11 Å². The third-order valence-corrected chi connectivity index (χ3v) is 8.85. The van der Waals surface area contributed by atoms with Crippen LogP contribution in [0.2, 0.25) is 0 Å². The predicted octanol–water partition coefficient (Wildman–Crippen LogP) is 7.52. The third-order valence-electron chi connectivity index (χ3n) is 8.85. The van der Waals surface area contributed by atoms with Gasteiger partial charge in [0.1, 0.15) is 0 Å². The average molecular weight is 528 g/mol. The van der Waals surface area contributed by atoms with E-state index in [2.05, 4.69) is 78.0 Å². The number of hydrogen-bond acceptors (Lipinski definition) is 4. The molecule has 0 aromatic heterocycles. The summed E-state index contributed by atoms with van der Waals surface area (Å²) in [4.78, 5) is 15.6. The Morgan fingerprint density at radius 1 is 0.675 bits per heavy atom. The second kappa shape index (κ2) is 10.2. The molecule has 6 rings (SSSR count). The van der Waals surface area contributed by atoms with Crippen molar-refractivity contribution in [2.24, 2.45) is 15.0 Å². The summed E-state index contributed by atoms with van der Waals surface area (Å²) in [5.41, 5.74) is 17.4. The van der Waals surface area contributed by atoms with E-state index in [0.717, 1.165) is 77.1 Å². The number of aliphatic imine (C=N–C) groups is 3. The van der Waals surface area contributed by atoms with Crippen LogP contribution in [0.3, 0.4) is 0 Å². The Balaban J connectivity index is 1.68. The van der Waals surface area contributed by atoms with Crippen LogP contribution in [0.25, 0.3) is 17.4 Å². The molecule has 0 saturated carbocycles. The summed E-state index contributed by atoms with van der Waals surface area (Å²) >= 11 is 0. The first-order valence-corrected chi connectivity index (χ1v) is 14.6. The summed E-state index contributed by atoms with van der Waals surface area (Å²) in [5.74, 6) is 0. The van der Waals surface area contributed by atoms with E-state index in [1.165, 1.54) is 56.1 Å². The van der Waals surface area contributed by atoms with E-state index in [1.54, 1.807) is 0 Å². The van der Waals surface area contributed by atoms with E-state index in [9.17, 15) is 5.11 Å². The van der Waals surface area contributed by atoms with Gasteiger partial charge in [0.15, 0.2) is 0 Å². The molecule has 40 heavy (non-hydrogen) atoms. The van der Waals surface area contributed by atoms with Gasteiger partial charge in [-0.2, -0.15) is 0 Å². The SMILES string of the molecule is CCC1=C(C)C2=NC1=CC1=NC(=CC3=NC(=CC4=c5cc/c(=C/O)cc5C(=C2)C4)C(C)=C3CC)C(CC)=C1CC. The van der Waals surface area contributed by atoms with Crippen LogP contribution in [-0.4, -0.2) is 22.2 Å². The summed E-state index contributed by atoms with van der Waals surface area (Å²) in [6.45, 7) is 13.2. The molecule has 1 aliphatic carbocycles. The van der Waals surface area contributed by atoms with Gasteiger partial charge in [0.2, 0.25) is 0 Å². The van der Waals surface area contributed by atoms with Crippen molar-refractivity contribution < 1.29 is 5.11 Å². The summed E-state index contributed by atoms with van der Waals surface area (Å²) in [6.07, 6.45) is 14.6. The number of aliphatic hydroxyl groups is 1. The van der Waals surface area contributed by atoms with Gasteiger partial charge in [-0.1, -0.05) is 39.8 Å². The Morgan fingerprint density at radius 2 is 1.30 bits per heavy atom. The predicted molar refractivity (Wildman–Crippen MR) is 169 cm³/mol. The summed E-state index contributed by atoms with van der Waals surface area (Å²) < 4.78 is 0. The molecule has 202 valence electrons.